The second-order valence-corrected chi connectivity index (χ2v) is 7.40. The molecule has 166 valence electrons. The molecule has 0 spiro atoms. The number of fused-ring (bicyclic) bond motifs is 1. The van der Waals surface area contributed by atoms with Gasteiger partial charge in [-0.25, -0.2) is 14.2 Å². The second-order valence-electron chi connectivity index (χ2n) is 7.40. The van der Waals surface area contributed by atoms with E-state index < -0.39 is 11.2 Å². The van der Waals surface area contributed by atoms with E-state index in [1.165, 1.54) is 16.7 Å². The van der Waals surface area contributed by atoms with Crippen molar-refractivity contribution in [2.24, 2.45) is 7.05 Å². The van der Waals surface area contributed by atoms with E-state index in [0.717, 1.165) is 10.1 Å². The predicted octanol–water partition coefficient (Wildman–Crippen LogP) is 2.14. The highest BCUT2D eigenvalue weighted by Crippen LogP contribution is 2.31. The first-order valence-electron chi connectivity index (χ1n) is 10.1. The zero-order valence-electron chi connectivity index (χ0n) is 17.8. The number of ether oxygens (including phenoxy) is 1. The largest absolute Gasteiger partial charge is 0.496 e. The zero-order valence-corrected chi connectivity index (χ0v) is 17.8. The van der Waals surface area contributed by atoms with Crippen molar-refractivity contribution < 1.29 is 14.2 Å². The molecule has 0 aliphatic rings. The minimum Gasteiger partial charge on any atom is -0.496 e. The Morgan fingerprint density at radius 3 is 2.47 bits per heavy atom. The number of methoxy groups -OCH3 is 1. The van der Waals surface area contributed by atoms with Crippen LogP contribution in [0.15, 0.2) is 58.1 Å². The second kappa shape index (κ2) is 8.80. The summed E-state index contributed by atoms with van der Waals surface area (Å²) in [5.74, 6) is 0.658. The van der Waals surface area contributed by atoms with Crippen LogP contribution in [-0.4, -0.2) is 37.5 Å². The molecular weight excluding hydrogens is 415 g/mol. The SMILES string of the molecule is COc1ccccc1-c1nc2c(c(=O)n(CCCO)c(=O)n2C)n1Cc1ccc(F)cc1. The molecule has 2 aromatic heterocycles. The summed E-state index contributed by atoms with van der Waals surface area (Å²) < 4.78 is 23.1. The Morgan fingerprint density at radius 2 is 1.78 bits per heavy atom. The lowest BCUT2D eigenvalue weighted by Gasteiger charge is -2.13. The van der Waals surface area contributed by atoms with Gasteiger partial charge in [-0.3, -0.25) is 13.9 Å². The van der Waals surface area contributed by atoms with Crippen LogP contribution >= 0.6 is 0 Å². The quantitative estimate of drug-likeness (QED) is 0.477. The number of para-hydroxylation sites is 1. The molecule has 0 amide bonds. The summed E-state index contributed by atoms with van der Waals surface area (Å²) in [6.45, 7) is 0.177. The number of imidazole rings is 1. The smallest absolute Gasteiger partial charge is 0.332 e. The van der Waals surface area contributed by atoms with Gasteiger partial charge >= 0.3 is 5.69 Å². The molecule has 4 aromatic rings. The van der Waals surface area contributed by atoms with Crippen molar-refractivity contribution in [3.63, 3.8) is 0 Å². The van der Waals surface area contributed by atoms with Crippen LogP contribution in [0, 0.1) is 5.82 Å². The highest BCUT2D eigenvalue weighted by molar-refractivity contribution is 5.79. The van der Waals surface area contributed by atoms with E-state index in [1.807, 2.05) is 18.2 Å². The van der Waals surface area contributed by atoms with Gasteiger partial charge in [0.2, 0.25) is 0 Å². The number of aliphatic hydroxyl groups is 1. The summed E-state index contributed by atoms with van der Waals surface area (Å²) in [6.07, 6.45) is 0.270. The van der Waals surface area contributed by atoms with Crippen LogP contribution in [-0.2, 0) is 20.1 Å². The number of aliphatic hydroxyl groups excluding tert-OH is 1. The summed E-state index contributed by atoms with van der Waals surface area (Å²) in [4.78, 5) is 30.9. The van der Waals surface area contributed by atoms with Crippen LogP contribution in [0.2, 0.25) is 0 Å². The summed E-state index contributed by atoms with van der Waals surface area (Å²) in [5.41, 5.74) is 0.902. The Labute approximate surface area is 182 Å². The maximum Gasteiger partial charge on any atom is 0.332 e. The number of hydrogen-bond acceptors (Lipinski definition) is 5. The Balaban J connectivity index is 2.05. The molecule has 0 radical (unpaired) electrons. The molecule has 0 aliphatic carbocycles. The Kier molecular flexibility index (Phi) is 5.91. The first-order chi connectivity index (χ1) is 15.5. The van der Waals surface area contributed by atoms with Gasteiger partial charge in [0.25, 0.3) is 5.56 Å². The lowest BCUT2D eigenvalue weighted by molar-refractivity contribution is 0.277. The molecule has 0 saturated carbocycles. The van der Waals surface area contributed by atoms with Gasteiger partial charge in [-0.1, -0.05) is 24.3 Å². The van der Waals surface area contributed by atoms with Crippen LogP contribution in [0.5, 0.6) is 5.75 Å². The highest BCUT2D eigenvalue weighted by Gasteiger charge is 2.22. The van der Waals surface area contributed by atoms with E-state index in [2.05, 4.69) is 4.98 Å². The maximum absolute atomic E-state index is 13.4. The van der Waals surface area contributed by atoms with Crippen molar-refractivity contribution in [3.8, 4) is 17.1 Å². The average Bonchev–Trinajstić information content (AvgIpc) is 3.18. The van der Waals surface area contributed by atoms with Crippen LogP contribution in [0.4, 0.5) is 4.39 Å². The third-order valence-electron chi connectivity index (χ3n) is 5.37. The van der Waals surface area contributed by atoms with Crippen molar-refractivity contribution in [3.05, 3.63) is 80.7 Å². The number of nitrogens with zero attached hydrogens (tertiary/aromatic N) is 4. The number of halogens is 1. The van der Waals surface area contributed by atoms with E-state index in [4.69, 9.17) is 4.74 Å². The Bertz CT molecular complexity index is 1390. The minimum absolute atomic E-state index is 0.0870. The lowest BCUT2D eigenvalue weighted by Crippen LogP contribution is -2.39. The molecule has 0 bridgehead atoms. The van der Waals surface area contributed by atoms with E-state index in [0.29, 0.717) is 17.1 Å². The molecule has 32 heavy (non-hydrogen) atoms. The van der Waals surface area contributed by atoms with E-state index >= 15 is 0 Å². The van der Waals surface area contributed by atoms with Gasteiger partial charge in [0.15, 0.2) is 11.2 Å². The van der Waals surface area contributed by atoms with Gasteiger partial charge in [0.1, 0.15) is 17.4 Å². The summed E-state index contributed by atoms with van der Waals surface area (Å²) >= 11 is 0. The molecule has 9 heteroatoms. The molecule has 0 atom stereocenters. The van der Waals surface area contributed by atoms with Gasteiger partial charge in [-0.15, -0.1) is 0 Å². The molecule has 2 aromatic carbocycles. The molecule has 0 fully saturated rings. The third kappa shape index (κ3) is 3.71. The third-order valence-corrected chi connectivity index (χ3v) is 5.37. The lowest BCUT2D eigenvalue weighted by atomic mass is 10.1. The molecular formula is C23H23FN4O4. The van der Waals surface area contributed by atoms with Crippen LogP contribution < -0.4 is 16.0 Å². The normalized spacial score (nSPS) is 11.2. The number of hydrogen-bond donors (Lipinski definition) is 1. The van der Waals surface area contributed by atoms with Gasteiger partial charge in [0, 0.05) is 26.7 Å². The van der Waals surface area contributed by atoms with E-state index in [-0.39, 0.29) is 43.1 Å². The topological polar surface area (TPSA) is 91.3 Å². The van der Waals surface area contributed by atoms with Crippen molar-refractivity contribution in [1.82, 2.24) is 18.7 Å². The molecule has 4 rings (SSSR count). The van der Waals surface area contributed by atoms with Crippen LogP contribution in [0.3, 0.4) is 0 Å². The van der Waals surface area contributed by atoms with Gasteiger partial charge < -0.3 is 14.4 Å². The molecule has 1 N–H and O–H groups in total. The maximum atomic E-state index is 13.4. The molecule has 8 nitrogen and oxygen atoms in total. The van der Waals surface area contributed by atoms with Crippen LogP contribution in [0.25, 0.3) is 22.6 Å². The van der Waals surface area contributed by atoms with Crippen molar-refractivity contribution in [2.45, 2.75) is 19.5 Å². The molecule has 2 heterocycles. The first-order valence-corrected chi connectivity index (χ1v) is 10.1. The number of benzene rings is 2. The fourth-order valence-corrected chi connectivity index (χ4v) is 3.76. The fourth-order valence-electron chi connectivity index (χ4n) is 3.76. The van der Waals surface area contributed by atoms with Crippen molar-refractivity contribution >= 4 is 11.2 Å². The van der Waals surface area contributed by atoms with E-state index in [1.54, 1.807) is 36.9 Å². The molecule has 0 saturated heterocycles. The summed E-state index contributed by atoms with van der Waals surface area (Å²) in [5, 5.41) is 9.19. The van der Waals surface area contributed by atoms with Crippen molar-refractivity contribution in [1.29, 1.82) is 0 Å². The molecule has 0 aliphatic heterocycles. The Hall–Kier alpha value is -3.72. The zero-order chi connectivity index (χ0) is 22.8. The van der Waals surface area contributed by atoms with Gasteiger partial charge in [-0.05, 0) is 36.2 Å². The standard InChI is InChI=1S/C23H23FN4O4/c1-26-21-19(22(30)27(23(26)31)12-5-13-29)28(14-15-8-10-16(24)11-9-15)20(25-21)17-6-3-4-7-18(17)32-2/h3-4,6-11,29H,5,12-14H2,1-2H3. The van der Waals surface area contributed by atoms with Gasteiger partial charge in [-0.2, -0.15) is 0 Å². The highest BCUT2D eigenvalue weighted by atomic mass is 19.1. The molecule has 0 unspecified atom stereocenters. The van der Waals surface area contributed by atoms with Gasteiger partial charge in [0.05, 0.1) is 12.7 Å². The minimum atomic E-state index is -0.506. The summed E-state index contributed by atoms with van der Waals surface area (Å²) in [7, 11) is 3.10. The first kappa shape index (κ1) is 21.5. The number of aromatic nitrogens is 4. The average molecular weight is 438 g/mol. The number of aryl methyl sites for hydroxylation is 1. The summed E-state index contributed by atoms with van der Waals surface area (Å²) in [6, 6.07) is 13.3. The fraction of sp³-hybridized carbons (Fsp3) is 0.261. The monoisotopic (exact) mass is 438 g/mol. The Morgan fingerprint density at radius 1 is 1.06 bits per heavy atom. The number of rotatable bonds is 7. The van der Waals surface area contributed by atoms with E-state index in [9.17, 15) is 19.1 Å². The predicted molar refractivity (Wildman–Crippen MR) is 118 cm³/mol. The van der Waals surface area contributed by atoms with Crippen molar-refractivity contribution in [2.75, 3.05) is 13.7 Å². The van der Waals surface area contributed by atoms with Crippen LogP contribution in [0.1, 0.15) is 12.0 Å².